The molecule has 1 aromatic rings. The van der Waals surface area contributed by atoms with Crippen molar-refractivity contribution >= 4 is 0 Å². The van der Waals surface area contributed by atoms with Crippen LogP contribution in [0.4, 0.5) is 0 Å². The lowest BCUT2D eigenvalue weighted by molar-refractivity contribution is 0.0199. The van der Waals surface area contributed by atoms with E-state index in [0.717, 1.165) is 57.6 Å². The van der Waals surface area contributed by atoms with Crippen molar-refractivity contribution in [2.24, 2.45) is 0 Å². The van der Waals surface area contributed by atoms with Gasteiger partial charge >= 0.3 is 0 Å². The van der Waals surface area contributed by atoms with Gasteiger partial charge in [0.15, 0.2) is 5.82 Å². The van der Waals surface area contributed by atoms with Crippen molar-refractivity contribution in [1.82, 2.24) is 35.3 Å². The molecular formula is C13H25N7. The molecule has 0 radical (unpaired) electrons. The summed E-state index contributed by atoms with van der Waals surface area (Å²) in [5.41, 5.74) is 0. The zero-order chi connectivity index (χ0) is 13.8. The molecule has 3 rings (SSSR count). The molecule has 20 heavy (non-hydrogen) atoms. The summed E-state index contributed by atoms with van der Waals surface area (Å²) in [7, 11) is 0. The van der Waals surface area contributed by atoms with Crippen molar-refractivity contribution in [2.45, 2.75) is 38.9 Å². The predicted octanol–water partition coefficient (Wildman–Crippen LogP) is -0.437. The fraction of sp³-hybridized carbons (Fsp3) is 0.923. The number of hydrogen-bond acceptors (Lipinski definition) is 6. The number of piperazine rings is 1. The van der Waals surface area contributed by atoms with Crippen molar-refractivity contribution in [3.8, 4) is 0 Å². The van der Waals surface area contributed by atoms with Gasteiger partial charge in [0, 0.05) is 51.9 Å². The maximum absolute atomic E-state index is 4.17. The highest BCUT2D eigenvalue weighted by atomic mass is 15.5. The fourth-order valence-electron chi connectivity index (χ4n) is 2.97. The second-order valence-electron chi connectivity index (χ2n) is 5.81. The summed E-state index contributed by atoms with van der Waals surface area (Å²) in [6.45, 7) is 11.0. The monoisotopic (exact) mass is 279 g/mol. The van der Waals surface area contributed by atoms with Gasteiger partial charge < -0.3 is 5.32 Å². The number of aromatic nitrogens is 4. The molecule has 0 bridgehead atoms. The van der Waals surface area contributed by atoms with E-state index in [2.05, 4.69) is 37.6 Å². The highest BCUT2D eigenvalue weighted by Crippen LogP contribution is 2.17. The van der Waals surface area contributed by atoms with Gasteiger partial charge in [0.1, 0.15) is 0 Å². The van der Waals surface area contributed by atoms with Crippen LogP contribution < -0.4 is 5.32 Å². The van der Waals surface area contributed by atoms with Crippen molar-refractivity contribution in [3.63, 3.8) is 0 Å². The average molecular weight is 279 g/mol. The van der Waals surface area contributed by atoms with Gasteiger partial charge in [0.05, 0.1) is 6.54 Å². The number of aryl methyl sites for hydroxylation is 1. The number of nitrogens with zero attached hydrogens (tertiary/aromatic N) is 6. The number of hydrogen-bond donors (Lipinski definition) is 1. The minimum Gasteiger partial charge on any atom is -0.314 e. The molecule has 2 aliphatic heterocycles. The lowest BCUT2D eigenvalue weighted by Crippen LogP contribution is -2.62. The van der Waals surface area contributed by atoms with Gasteiger partial charge in [-0.25, -0.2) is 4.68 Å². The van der Waals surface area contributed by atoms with E-state index in [1.54, 1.807) is 0 Å². The van der Waals surface area contributed by atoms with E-state index in [9.17, 15) is 0 Å². The average Bonchev–Trinajstić information content (AvgIpc) is 2.88. The predicted molar refractivity (Wildman–Crippen MR) is 76.2 cm³/mol. The molecule has 3 heterocycles. The van der Waals surface area contributed by atoms with Crippen LogP contribution in [0.25, 0.3) is 0 Å². The van der Waals surface area contributed by atoms with Gasteiger partial charge in [-0.2, -0.15) is 0 Å². The van der Waals surface area contributed by atoms with E-state index in [-0.39, 0.29) is 0 Å². The molecule has 1 aromatic heterocycles. The molecule has 0 spiro atoms. The van der Waals surface area contributed by atoms with E-state index in [1.807, 2.05) is 4.68 Å². The Kier molecular flexibility index (Phi) is 4.59. The largest absolute Gasteiger partial charge is 0.314 e. The van der Waals surface area contributed by atoms with Crippen LogP contribution >= 0.6 is 0 Å². The summed E-state index contributed by atoms with van der Waals surface area (Å²) < 4.78 is 1.96. The summed E-state index contributed by atoms with van der Waals surface area (Å²) in [5, 5.41) is 15.5. The summed E-state index contributed by atoms with van der Waals surface area (Å²) in [5.74, 6) is 1.01. The number of unbranched alkanes of at least 4 members (excludes halogenated alkanes) is 1. The van der Waals surface area contributed by atoms with Gasteiger partial charge in [-0.3, -0.25) is 9.80 Å². The molecule has 0 unspecified atom stereocenters. The van der Waals surface area contributed by atoms with Crippen LogP contribution in [0.15, 0.2) is 0 Å². The Balaban J connectivity index is 1.45. The van der Waals surface area contributed by atoms with E-state index in [4.69, 9.17) is 0 Å². The molecule has 2 fully saturated rings. The lowest BCUT2D eigenvalue weighted by Gasteiger charge is -2.46. The van der Waals surface area contributed by atoms with E-state index in [1.165, 1.54) is 19.5 Å². The topological polar surface area (TPSA) is 62.1 Å². The number of rotatable bonds is 6. The first-order valence-electron chi connectivity index (χ1n) is 7.79. The van der Waals surface area contributed by atoms with Crippen LogP contribution in [0.5, 0.6) is 0 Å². The zero-order valence-corrected chi connectivity index (χ0v) is 12.3. The SMILES string of the molecule is CCCCn1nnnc1CN1CC(N2CCNCC2)C1. The van der Waals surface area contributed by atoms with E-state index < -0.39 is 0 Å². The maximum Gasteiger partial charge on any atom is 0.165 e. The van der Waals surface area contributed by atoms with Crippen molar-refractivity contribution in [2.75, 3.05) is 39.3 Å². The highest BCUT2D eigenvalue weighted by Gasteiger charge is 2.32. The summed E-state index contributed by atoms with van der Waals surface area (Å²) in [4.78, 5) is 5.05. The molecule has 0 aromatic carbocycles. The molecule has 7 nitrogen and oxygen atoms in total. The zero-order valence-electron chi connectivity index (χ0n) is 12.3. The first-order valence-corrected chi connectivity index (χ1v) is 7.79. The van der Waals surface area contributed by atoms with Crippen molar-refractivity contribution in [3.05, 3.63) is 5.82 Å². The van der Waals surface area contributed by atoms with Gasteiger partial charge in [0.25, 0.3) is 0 Å². The molecule has 0 amide bonds. The summed E-state index contributed by atoms with van der Waals surface area (Å²) in [6, 6.07) is 0.733. The Labute approximate surface area is 120 Å². The molecular weight excluding hydrogens is 254 g/mol. The van der Waals surface area contributed by atoms with Crippen LogP contribution in [-0.4, -0.2) is 75.3 Å². The molecule has 2 saturated heterocycles. The standard InChI is InChI=1S/C13H25N7/c1-2-3-6-20-13(15-16-17-20)11-18-9-12(10-18)19-7-4-14-5-8-19/h12,14H,2-11H2,1H3. The Morgan fingerprint density at radius 1 is 1.25 bits per heavy atom. The molecule has 0 atom stereocenters. The molecule has 7 heteroatoms. The normalized spacial score (nSPS) is 22.1. The summed E-state index contributed by atoms with van der Waals surface area (Å²) >= 11 is 0. The van der Waals surface area contributed by atoms with Crippen LogP contribution in [-0.2, 0) is 13.1 Å². The lowest BCUT2D eigenvalue weighted by atomic mass is 10.1. The Morgan fingerprint density at radius 2 is 2.05 bits per heavy atom. The number of tetrazole rings is 1. The quantitative estimate of drug-likeness (QED) is 0.762. The van der Waals surface area contributed by atoms with Gasteiger partial charge in [0.2, 0.25) is 0 Å². The van der Waals surface area contributed by atoms with Gasteiger partial charge in [-0.15, -0.1) is 5.10 Å². The molecule has 2 aliphatic rings. The second-order valence-corrected chi connectivity index (χ2v) is 5.81. The van der Waals surface area contributed by atoms with Crippen LogP contribution in [0, 0.1) is 0 Å². The van der Waals surface area contributed by atoms with Crippen LogP contribution in [0.3, 0.4) is 0 Å². The third-order valence-electron chi connectivity index (χ3n) is 4.30. The van der Waals surface area contributed by atoms with Gasteiger partial charge in [-0.05, 0) is 16.8 Å². The van der Waals surface area contributed by atoms with E-state index >= 15 is 0 Å². The Hall–Kier alpha value is -1.05. The third-order valence-corrected chi connectivity index (χ3v) is 4.30. The first kappa shape index (κ1) is 13.9. The minimum atomic E-state index is 0.733. The van der Waals surface area contributed by atoms with Crippen LogP contribution in [0.2, 0.25) is 0 Å². The first-order chi connectivity index (χ1) is 9.86. The second kappa shape index (κ2) is 6.60. The smallest absolute Gasteiger partial charge is 0.165 e. The molecule has 0 saturated carbocycles. The maximum atomic E-state index is 4.17. The minimum absolute atomic E-state index is 0.733. The highest BCUT2D eigenvalue weighted by molar-refractivity contribution is 4.93. The third kappa shape index (κ3) is 3.16. The summed E-state index contributed by atoms with van der Waals surface area (Å²) in [6.07, 6.45) is 2.32. The Bertz CT molecular complexity index is 407. The fourth-order valence-corrected chi connectivity index (χ4v) is 2.97. The Morgan fingerprint density at radius 3 is 2.80 bits per heavy atom. The molecule has 112 valence electrons. The van der Waals surface area contributed by atoms with Crippen molar-refractivity contribution in [1.29, 1.82) is 0 Å². The van der Waals surface area contributed by atoms with Crippen LogP contribution in [0.1, 0.15) is 25.6 Å². The van der Waals surface area contributed by atoms with Crippen molar-refractivity contribution < 1.29 is 0 Å². The van der Waals surface area contributed by atoms with Gasteiger partial charge in [-0.1, -0.05) is 13.3 Å². The molecule has 0 aliphatic carbocycles. The van der Waals surface area contributed by atoms with E-state index in [0.29, 0.717) is 0 Å². The molecule has 1 N–H and O–H groups in total. The number of nitrogens with one attached hydrogen (secondary N) is 1. The number of likely N-dealkylation sites (tertiary alicyclic amines) is 1.